The number of rotatable bonds is 10. The highest BCUT2D eigenvalue weighted by atomic mass is 35.5. The van der Waals surface area contributed by atoms with Gasteiger partial charge >= 0.3 is 0 Å². The molecule has 4 heterocycles. The highest BCUT2D eigenvalue weighted by molar-refractivity contribution is 6.35. The van der Waals surface area contributed by atoms with E-state index in [1.54, 1.807) is 6.20 Å². The predicted octanol–water partition coefficient (Wildman–Crippen LogP) is 4.41. The second-order valence-corrected chi connectivity index (χ2v) is 10.3. The number of halogens is 1. The Morgan fingerprint density at radius 3 is 2.66 bits per heavy atom. The summed E-state index contributed by atoms with van der Waals surface area (Å²) < 4.78 is 5.35. The molecule has 1 fully saturated rings. The van der Waals surface area contributed by atoms with Gasteiger partial charge in [-0.3, -0.25) is 15.0 Å². The first-order valence-corrected chi connectivity index (χ1v) is 13.7. The van der Waals surface area contributed by atoms with Gasteiger partial charge in [0.15, 0.2) is 0 Å². The number of aliphatic hydroxyl groups is 1. The standard InChI is InChI=1S/C30H29ClN8O2/c31-25-12-22(35-29(20-7-4-9-33-14-20)27-16-39(38-37-27)23-17-41-18-23)11-24-28(21(13-32)15-34-30(24)25)36-26(8-10-40)19-5-2-1-3-6-19/h1-7,9,11-12,14-16,23,26,29,35,37-38,40H,8,10,17-18H2,(H,34,36)/t26?,29-/m0/s1. The van der Waals surface area contributed by atoms with E-state index in [1.165, 1.54) is 6.20 Å². The van der Waals surface area contributed by atoms with Crippen LogP contribution in [-0.2, 0) is 4.74 Å². The number of nitriles is 1. The summed E-state index contributed by atoms with van der Waals surface area (Å²) in [6.45, 7) is 1.31. The summed E-state index contributed by atoms with van der Waals surface area (Å²) in [6, 6.07) is 19.5. The molecule has 0 amide bonds. The van der Waals surface area contributed by atoms with Gasteiger partial charge in [-0.25, -0.2) is 0 Å². The van der Waals surface area contributed by atoms with Crippen LogP contribution >= 0.6 is 11.6 Å². The summed E-state index contributed by atoms with van der Waals surface area (Å²) in [6.07, 6.45) is 7.58. The van der Waals surface area contributed by atoms with Gasteiger partial charge < -0.3 is 25.9 Å². The maximum atomic E-state index is 9.99. The van der Waals surface area contributed by atoms with E-state index >= 15 is 0 Å². The minimum atomic E-state index is -0.286. The highest BCUT2D eigenvalue weighted by Crippen LogP contribution is 2.37. The normalized spacial score (nSPS) is 16.3. The van der Waals surface area contributed by atoms with E-state index in [0.29, 0.717) is 46.8 Å². The number of anilines is 2. The number of hydrogen-bond donors (Lipinski definition) is 5. The van der Waals surface area contributed by atoms with Crippen LogP contribution < -0.4 is 21.6 Å². The summed E-state index contributed by atoms with van der Waals surface area (Å²) in [5, 5.41) is 30.1. The van der Waals surface area contributed by atoms with Crippen LogP contribution in [0.3, 0.4) is 0 Å². The third-order valence-corrected chi connectivity index (χ3v) is 7.53. The van der Waals surface area contributed by atoms with Crippen molar-refractivity contribution in [3.8, 4) is 6.07 Å². The molecule has 2 atom stereocenters. The number of fused-ring (bicyclic) bond motifs is 1. The SMILES string of the molecule is N#Cc1cnc2c(Cl)cc(N[C@H](C3=CN(C4COC4)NN3)c3cccnc3)cc2c1NC(CCO)c1ccccc1. The van der Waals surface area contributed by atoms with Crippen molar-refractivity contribution >= 4 is 33.9 Å². The monoisotopic (exact) mass is 568 g/mol. The number of nitrogens with zero attached hydrogens (tertiary/aromatic N) is 4. The molecule has 208 valence electrons. The van der Waals surface area contributed by atoms with Crippen molar-refractivity contribution in [2.45, 2.75) is 24.5 Å². The lowest BCUT2D eigenvalue weighted by Gasteiger charge is -2.33. The second-order valence-electron chi connectivity index (χ2n) is 9.92. The zero-order valence-electron chi connectivity index (χ0n) is 22.1. The number of hydrazine groups is 2. The Balaban J connectivity index is 1.39. The van der Waals surface area contributed by atoms with Gasteiger partial charge in [-0.05, 0) is 35.7 Å². The molecule has 5 N–H and O–H groups in total. The van der Waals surface area contributed by atoms with E-state index in [2.05, 4.69) is 37.6 Å². The zero-order valence-corrected chi connectivity index (χ0v) is 22.8. The first kappa shape index (κ1) is 26.8. The van der Waals surface area contributed by atoms with Crippen molar-refractivity contribution in [3.63, 3.8) is 0 Å². The molecule has 1 unspecified atom stereocenters. The minimum absolute atomic E-state index is 0.0159. The van der Waals surface area contributed by atoms with Crippen molar-refractivity contribution in [2.75, 3.05) is 30.5 Å². The van der Waals surface area contributed by atoms with Crippen LogP contribution in [0.5, 0.6) is 0 Å². The average molecular weight is 569 g/mol. The molecule has 0 bridgehead atoms. The second kappa shape index (κ2) is 12.0. The van der Waals surface area contributed by atoms with Gasteiger partial charge in [0.05, 0.1) is 58.8 Å². The zero-order chi connectivity index (χ0) is 28.2. The molecule has 0 aliphatic carbocycles. The minimum Gasteiger partial charge on any atom is -0.396 e. The summed E-state index contributed by atoms with van der Waals surface area (Å²) in [5.41, 5.74) is 11.6. The highest BCUT2D eigenvalue weighted by Gasteiger charge is 2.30. The molecule has 4 aromatic rings. The first-order valence-electron chi connectivity index (χ1n) is 13.3. The smallest absolute Gasteiger partial charge is 0.103 e. The third kappa shape index (κ3) is 5.62. The van der Waals surface area contributed by atoms with Gasteiger partial charge in [0.25, 0.3) is 0 Å². The van der Waals surface area contributed by atoms with Crippen LogP contribution in [0, 0.1) is 11.3 Å². The van der Waals surface area contributed by atoms with E-state index in [9.17, 15) is 10.4 Å². The maximum absolute atomic E-state index is 9.99. The molecular weight excluding hydrogens is 540 g/mol. The fourth-order valence-corrected chi connectivity index (χ4v) is 5.29. The molecule has 2 aliphatic heterocycles. The summed E-state index contributed by atoms with van der Waals surface area (Å²) in [7, 11) is 0. The molecule has 0 spiro atoms. The predicted molar refractivity (Wildman–Crippen MR) is 157 cm³/mol. The fraction of sp³-hybridized carbons (Fsp3) is 0.233. The molecule has 2 aliphatic rings. The van der Waals surface area contributed by atoms with Crippen LogP contribution in [0.2, 0.25) is 5.02 Å². The summed E-state index contributed by atoms with van der Waals surface area (Å²) in [4.78, 5) is 8.84. The maximum Gasteiger partial charge on any atom is 0.103 e. The molecule has 11 heteroatoms. The number of hydrogen-bond acceptors (Lipinski definition) is 10. The van der Waals surface area contributed by atoms with Crippen molar-refractivity contribution in [1.82, 2.24) is 25.9 Å². The molecule has 0 saturated carbocycles. The lowest BCUT2D eigenvalue weighted by Crippen LogP contribution is -2.52. The van der Waals surface area contributed by atoms with Crippen molar-refractivity contribution < 1.29 is 9.84 Å². The van der Waals surface area contributed by atoms with Crippen molar-refractivity contribution in [2.24, 2.45) is 0 Å². The summed E-state index contributed by atoms with van der Waals surface area (Å²) in [5.74, 6) is 0. The lowest BCUT2D eigenvalue weighted by atomic mass is 10.0. The third-order valence-electron chi connectivity index (χ3n) is 7.24. The van der Waals surface area contributed by atoms with Gasteiger partial charge in [-0.2, -0.15) is 5.26 Å². The van der Waals surface area contributed by atoms with Gasteiger partial charge in [-0.15, -0.1) is 5.53 Å². The van der Waals surface area contributed by atoms with E-state index in [4.69, 9.17) is 16.3 Å². The molecule has 2 aromatic heterocycles. The van der Waals surface area contributed by atoms with E-state index in [0.717, 1.165) is 22.5 Å². The Labute approximate surface area is 242 Å². The number of aliphatic hydroxyl groups excluding tert-OH is 1. The van der Waals surface area contributed by atoms with Crippen LogP contribution in [0.25, 0.3) is 10.9 Å². The lowest BCUT2D eigenvalue weighted by molar-refractivity contribution is -0.0635. The Morgan fingerprint density at radius 2 is 1.95 bits per heavy atom. The fourth-order valence-electron chi connectivity index (χ4n) is 5.02. The summed E-state index contributed by atoms with van der Waals surface area (Å²) >= 11 is 6.79. The van der Waals surface area contributed by atoms with Crippen LogP contribution in [0.1, 0.15) is 35.2 Å². The van der Waals surface area contributed by atoms with Crippen LogP contribution in [0.4, 0.5) is 11.4 Å². The Morgan fingerprint density at radius 1 is 1.12 bits per heavy atom. The van der Waals surface area contributed by atoms with Gasteiger partial charge in [0, 0.05) is 42.5 Å². The van der Waals surface area contributed by atoms with E-state index < -0.39 is 0 Å². The van der Waals surface area contributed by atoms with Crippen LogP contribution in [0.15, 0.2) is 85.1 Å². The first-order chi connectivity index (χ1) is 20.1. The number of benzene rings is 2. The molecule has 0 radical (unpaired) electrons. The Kier molecular flexibility index (Phi) is 7.84. The van der Waals surface area contributed by atoms with E-state index in [-0.39, 0.29) is 24.7 Å². The Hall–Kier alpha value is -4.40. The molecule has 41 heavy (non-hydrogen) atoms. The van der Waals surface area contributed by atoms with Crippen molar-refractivity contribution in [1.29, 1.82) is 5.26 Å². The molecule has 6 rings (SSSR count). The van der Waals surface area contributed by atoms with Gasteiger partial charge in [0.2, 0.25) is 0 Å². The molecule has 10 nitrogen and oxygen atoms in total. The topological polar surface area (TPSA) is 130 Å². The number of nitrogens with one attached hydrogen (secondary N) is 4. The van der Waals surface area contributed by atoms with Gasteiger partial charge in [0.1, 0.15) is 6.07 Å². The van der Waals surface area contributed by atoms with Gasteiger partial charge in [-0.1, -0.05) is 48.0 Å². The largest absolute Gasteiger partial charge is 0.396 e. The molecule has 1 saturated heterocycles. The number of ether oxygens (including phenoxy) is 1. The van der Waals surface area contributed by atoms with Crippen molar-refractivity contribution in [3.05, 3.63) is 107 Å². The van der Waals surface area contributed by atoms with E-state index in [1.807, 2.05) is 72.0 Å². The van der Waals surface area contributed by atoms with Crippen LogP contribution in [-0.4, -0.2) is 45.9 Å². The molecule has 2 aromatic carbocycles. The molecular formula is C30H29ClN8O2. The number of pyridine rings is 2. The average Bonchev–Trinajstić information content (AvgIpc) is 3.45. The Bertz CT molecular complexity index is 1590. The quantitative estimate of drug-likeness (QED) is 0.187. The number of aromatic nitrogens is 2.